The molecular formula is C9H14N2OS. The van der Waals surface area contributed by atoms with Crippen molar-refractivity contribution in [2.24, 2.45) is 0 Å². The van der Waals surface area contributed by atoms with Gasteiger partial charge < -0.3 is 9.84 Å². The number of hydrogen-bond acceptors (Lipinski definition) is 4. The number of aryl methyl sites for hydroxylation is 1. The van der Waals surface area contributed by atoms with Gasteiger partial charge in [0.05, 0.1) is 0 Å². The molecule has 1 aliphatic rings. The van der Waals surface area contributed by atoms with E-state index >= 15 is 0 Å². The zero-order valence-electron chi connectivity index (χ0n) is 7.80. The summed E-state index contributed by atoms with van der Waals surface area (Å²) in [7, 11) is 0. The van der Waals surface area contributed by atoms with Crippen molar-refractivity contribution in [1.82, 2.24) is 10.5 Å². The highest BCUT2D eigenvalue weighted by molar-refractivity contribution is 7.98. The minimum Gasteiger partial charge on any atom is -0.361 e. The molecule has 1 aromatic heterocycles. The van der Waals surface area contributed by atoms with Gasteiger partial charge >= 0.3 is 0 Å². The molecule has 1 aromatic rings. The van der Waals surface area contributed by atoms with Crippen LogP contribution in [0.4, 0.5) is 0 Å². The number of aromatic nitrogens is 1. The van der Waals surface area contributed by atoms with Crippen molar-refractivity contribution >= 4 is 11.8 Å². The van der Waals surface area contributed by atoms with Gasteiger partial charge in [0.1, 0.15) is 11.5 Å². The van der Waals surface area contributed by atoms with Crippen LogP contribution in [0.2, 0.25) is 0 Å². The molecule has 0 atom stereocenters. The highest BCUT2D eigenvalue weighted by Gasteiger charge is 2.18. The van der Waals surface area contributed by atoms with Crippen molar-refractivity contribution in [3.05, 3.63) is 17.0 Å². The summed E-state index contributed by atoms with van der Waals surface area (Å²) in [6.45, 7) is 3.92. The lowest BCUT2D eigenvalue weighted by atomic mass is 10.2. The van der Waals surface area contributed by atoms with E-state index in [1.165, 1.54) is 11.3 Å². The SMILES string of the molecule is CCNCc1noc2c1CSCC2. The molecule has 0 aromatic carbocycles. The Morgan fingerprint density at radius 2 is 2.54 bits per heavy atom. The highest BCUT2D eigenvalue weighted by Crippen LogP contribution is 2.26. The van der Waals surface area contributed by atoms with Gasteiger partial charge in [0.15, 0.2) is 0 Å². The van der Waals surface area contributed by atoms with Gasteiger partial charge in [-0.1, -0.05) is 12.1 Å². The average Bonchev–Trinajstić information content (AvgIpc) is 2.58. The molecule has 2 heterocycles. The lowest BCUT2D eigenvalue weighted by Crippen LogP contribution is -2.14. The van der Waals surface area contributed by atoms with Crippen LogP contribution in [-0.4, -0.2) is 17.5 Å². The number of thioether (sulfide) groups is 1. The van der Waals surface area contributed by atoms with Crippen LogP contribution in [-0.2, 0) is 18.7 Å². The Balaban J connectivity index is 2.12. The van der Waals surface area contributed by atoms with Gasteiger partial charge in [-0.05, 0) is 6.54 Å². The number of nitrogens with zero attached hydrogens (tertiary/aromatic N) is 1. The fourth-order valence-corrected chi connectivity index (χ4v) is 2.47. The molecule has 0 radical (unpaired) electrons. The molecule has 13 heavy (non-hydrogen) atoms. The maximum absolute atomic E-state index is 5.28. The summed E-state index contributed by atoms with van der Waals surface area (Å²) in [6, 6.07) is 0. The molecule has 0 unspecified atom stereocenters. The summed E-state index contributed by atoms with van der Waals surface area (Å²) < 4.78 is 5.28. The molecule has 0 spiro atoms. The van der Waals surface area contributed by atoms with E-state index in [0.717, 1.165) is 36.7 Å². The van der Waals surface area contributed by atoms with Crippen LogP contribution in [0.3, 0.4) is 0 Å². The first-order chi connectivity index (χ1) is 6.42. The fraction of sp³-hybridized carbons (Fsp3) is 0.667. The second kappa shape index (κ2) is 4.15. The topological polar surface area (TPSA) is 38.1 Å². The standard InChI is InChI=1S/C9H14N2OS/c1-2-10-5-8-7-6-13-4-3-9(7)12-11-8/h10H,2-6H2,1H3. The van der Waals surface area contributed by atoms with E-state index in [-0.39, 0.29) is 0 Å². The molecule has 72 valence electrons. The molecular weight excluding hydrogens is 184 g/mol. The van der Waals surface area contributed by atoms with E-state index in [2.05, 4.69) is 17.4 Å². The predicted molar refractivity (Wildman–Crippen MR) is 53.7 cm³/mol. The summed E-state index contributed by atoms with van der Waals surface area (Å²) in [5, 5.41) is 7.35. The molecule has 0 amide bonds. The number of nitrogens with one attached hydrogen (secondary N) is 1. The first-order valence-corrected chi connectivity index (χ1v) is 5.82. The second-order valence-corrected chi connectivity index (χ2v) is 4.22. The van der Waals surface area contributed by atoms with Gasteiger partial charge in [-0.15, -0.1) is 0 Å². The zero-order chi connectivity index (χ0) is 9.10. The van der Waals surface area contributed by atoms with Crippen LogP contribution in [0.1, 0.15) is 23.9 Å². The number of rotatable bonds is 3. The van der Waals surface area contributed by atoms with E-state index in [0.29, 0.717) is 0 Å². The van der Waals surface area contributed by atoms with E-state index < -0.39 is 0 Å². The van der Waals surface area contributed by atoms with Crippen molar-refractivity contribution in [3.63, 3.8) is 0 Å². The largest absolute Gasteiger partial charge is 0.361 e. The lowest BCUT2D eigenvalue weighted by molar-refractivity contribution is 0.378. The normalized spacial score (nSPS) is 15.8. The molecule has 0 saturated carbocycles. The van der Waals surface area contributed by atoms with Gasteiger partial charge in [0.2, 0.25) is 0 Å². The maximum Gasteiger partial charge on any atom is 0.141 e. The van der Waals surface area contributed by atoms with Crippen molar-refractivity contribution in [3.8, 4) is 0 Å². The molecule has 2 rings (SSSR count). The van der Waals surface area contributed by atoms with Crippen molar-refractivity contribution in [2.45, 2.75) is 25.6 Å². The Hall–Kier alpha value is -0.480. The maximum atomic E-state index is 5.28. The summed E-state index contributed by atoms with van der Waals surface area (Å²) in [4.78, 5) is 0. The molecule has 0 fully saturated rings. The monoisotopic (exact) mass is 198 g/mol. The third-order valence-corrected chi connectivity index (χ3v) is 3.20. The van der Waals surface area contributed by atoms with Crippen LogP contribution in [0.25, 0.3) is 0 Å². The number of hydrogen-bond donors (Lipinski definition) is 1. The molecule has 1 aliphatic heterocycles. The van der Waals surface area contributed by atoms with E-state index in [1.807, 2.05) is 11.8 Å². The smallest absolute Gasteiger partial charge is 0.141 e. The molecule has 1 N–H and O–H groups in total. The molecule has 0 bridgehead atoms. The first kappa shape index (κ1) is 9.09. The van der Waals surface area contributed by atoms with Gasteiger partial charge in [0.25, 0.3) is 0 Å². The highest BCUT2D eigenvalue weighted by atomic mass is 32.2. The van der Waals surface area contributed by atoms with Crippen molar-refractivity contribution < 1.29 is 4.52 Å². The fourth-order valence-electron chi connectivity index (χ4n) is 1.46. The molecule has 3 nitrogen and oxygen atoms in total. The van der Waals surface area contributed by atoms with Gasteiger partial charge in [-0.2, -0.15) is 11.8 Å². The third kappa shape index (κ3) is 1.89. The van der Waals surface area contributed by atoms with Crippen LogP contribution >= 0.6 is 11.8 Å². The average molecular weight is 198 g/mol. The number of fused-ring (bicyclic) bond motifs is 1. The molecule has 0 saturated heterocycles. The van der Waals surface area contributed by atoms with E-state index in [1.54, 1.807) is 0 Å². The second-order valence-electron chi connectivity index (χ2n) is 3.11. The Kier molecular flexibility index (Phi) is 2.90. The summed E-state index contributed by atoms with van der Waals surface area (Å²) >= 11 is 1.96. The minimum absolute atomic E-state index is 0.843. The molecule has 4 heteroatoms. The van der Waals surface area contributed by atoms with Crippen molar-refractivity contribution in [1.29, 1.82) is 0 Å². The Morgan fingerprint density at radius 3 is 3.38 bits per heavy atom. The Labute approximate surface area is 82.3 Å². The van der Waals surface area contributed by atoms with Crippen LogP contribution in [0, 0.1) is 0 Å². The Bertz CT molecular complexity index is 285. The van der Waals surface area contributed by atoms with Gasteiger partial charge in [-0.3, -0.25) is 0 Å². The quantitative estimate of drug-likeness (QED) is 0.800. The van der Waals surface area contributed by atoms with Crippen LogP contribution < -0.4 is 5.32 Å². The summed E-state index contributed by atoms with van der Waals surface area (Å²) in [5.41, 5.74) is 2.43. The van der Waals surface area contributed by atoms with Gasteiger partial charge in [0, 0.05) is 30.0 Å². The van der Waals surface area contributed by atoms with Crippen LogP contribution in [0.5, 0.6) is 0 Å². The predicted octanol–water partition coefficient (Wildman–Crippen LogP) is 1.57. The first-order valence-electron chi connectivity index (χ1n) is 4.66. The zero-order valence-corrected chi connectivity index (χ0v) is 8.62. The van der Waals surface area contributed by atoms with E-state index in [4.69, 9.17) is 4.52 Å². The third-order valence-electron chi connectivity index (χ3n) is 2.21. The van der Waals surface area contributed by atoms with Crippen LogP contribution in [0.15, 0.2) is 4.52 Å². The Morgan fingerprint density at radius 1 is 1.62 bits per heavy atom. The molecule has 0 aliphatic carbocycles. The summed E-state index contributed by atoms with van der Waals surface area (Å²) in [5.74, 6) is 3.34. The van der Waals surface area contributed by atoms with E-state index in [9.17, 15) is 0 Å². The lowest BCUT2D eigenvalue weighted by Gasteiger charge is -2.08. The van der Waals surface area contributed by atoms with Gasteiger partial charge in [-0.25, -0.2) is 0 Å². The van der Waals surface area contributed by atoms with Crippen molar-refractivity contribution in [2.75, 3.05) is 12.3 Å². The summed E-state index contributed by atoms with van der Waals surface area (Å²) in [6.07, 6.45) is 1.04. The minimum atomic E-state index is 0.843.